The fourth-order valence-electron chi connectivity index (χ4n) is 6.54. The summed E-state index contributed by atoms with van der Waals surface area (Å²) in [6.07, 6.45) is 3.29. The van der Waals surface area contributed by atoms with Crippen LogP contribution in [0.15, 0.2) is 75.6 Å². The third-order valence-electron chi connectivity index (χ3n) is 9.41. The average Bonchev–Trinajstić information content (AvgIpc) is 3.36. The van der Waals surface area contributed by atoms with E-state index in [0.29, 0.717) is 49.9 Å². The molecule has 1 aromatic heterocycles. The Kier molecular flexibility index (Phi) is 10.1. The number of hydrogen-bond acceptors (Lipinski definition) is 11. The summed E-state index contributed by atoms with van der Waals surface area (Å²) in [4.78, 5) is 39.4. The zero-order valence-corrected chi connectivity index (χ0v) is 29.5. The highest BCUT2D eigenvalue weighted by molar-refractivity contribution is 7.99. The summed E-state index contributed by atoms with van der Waals surface area (Å²) in [6.45, 7) is 5.68. The van der Waals surface area contributed by atoms with Gasteiger partial charge in [0.1, 0.15) is 27.7 Å². The van der Waals surface area contributed by atoms with Crippen molar-refractivity contribution < 1.29 is 24.5 Å². The van der Waals surface area contributed by atoms with E-state index in [-0.39, 0.29) is 46.1 Å². The Morgan fingerprint density at radius 1 is 1.20 bits per heavy atom. The Hall–Kier alpha value is -3.87. The quantitative estimate of drug-likeness (QED) is 0.228. The number of allylic oxidation sites excluding steroid dienone is 1. The van der Waals surface area contributed by atoms with E-state index in [4.69, 9.17) is 43.6 Å². The lowest BCUT2D eigenvalue weighted by molar-refractivity contribution is -0.112. The monoisotopic (exact) mass is 722 g/mol. The molecule has 2 fully saturated rings. The number of likely N-dealkylation sites (N-methyl/N-ethyl adjacent to an activating group) is 1. The van der Waals surface area contributed by atoms with E-state index in [0.717, 1.165) is 25.9 Å². The summed E-state index contributed by atoms with van der Waals surface area (Å²) in [7, 11) is 1.58. The van der Waals surface area contributed by atoms with E-state index in [2.05, 4.69) is 10.2 Å². The van der Waals surface area contributed by atoms with Crippen LogP contribution in [-0.4, -0.2) is 75.8 Å². The fourth-order valence-corrected chi connectivity index (χ4v) is 7.92. The van der Waals surface area contributed by atoms with Crippen LogP contribution in [0.5, 0.6) is 0 Å². The summed E-state index contributed by atoms with van der Waals surface area (Å²) >= 11 is 14.2. The average molecular weight is 724 g/mol. The van der Waals surface area contributed by atoms with Crippen LogP contribution in [0.1, 0.15) is 36.7 Å². The first-order valence-electron chi connectivity index (χ1n) is 15.7. The van der Waals surface area contributed by atoms with Crippen LogP contribution in [0.2, 0.25) is 10.0 Å². The predicted molar refractivity (Wildman–Crippen MR) is 190 cm³/mol. The van der Waals surface area contributed by atoms with E-state index < -0.39 is 11.7 Å². The first-order chi connectivity index (χ1) is 23.5. The lowest BCUT2D eigenvalue weighted by atomic mass is 9.73. The molecule has 49 heavy (non-hydrogen) atoms. The minimum absolute atomic E-state index is 0.0120. The summed E-state index contributed by atoms with van der Waals surface area (Å²) < 4.78 is 5.86. The zero-order chi connectivity index (χ0) is 35.0. The molecular weight excluding hydrogens is 687 g/mol. The van der Waals surface area contributed by atoms with Crippen molar-refractivity contribution in [2.24, 2.45) is 11.1 Å². The molecule has 4 heterocycles. The van der Waals surface area contributed by atoms with Gasteiger partial charge >= 0.3 is 0 Å². The topological polar surface area (TPSA) is 154 Å². The van der Waals surface area contributed by atoms with Gasteiger partial charge in [-0.3, -0.25) is 4.79 Å². The molecule has 2 aromatic carbocycles. The second kappa shape index (κ2) is 14.2. The number of aryl methyl sites for hydroxylation is 1. The summed E-state index contributed by atoms with van der Waals surface area (Å²) in [6, 6.07) is 11.9. The van der Waals surface area contributed by atoms with Crippen molar-refractivity contribution in [2.45, 2.75) is 55.4 Å². The van der Waals surface area contributed by atoms with Crippen LogP contribution in [0.25, 0.3) is 5.57 Å². The highest BCUT2D eigenvalue weighted by atomic mass is 35.5. The Balaban J connectivity index is 1.23. The third-order valence-corrected chi connectivity index (χ3v) is 11.3. The van der Waals surface area contributed by atoms with Gasteiger partial charge in [-0.05, 0) is 56.5 Å². The number of anilines is 2. The molecule has 5 N–H and O–H groups in total. The van der Waals surface area contributed by atoms with Gasteiger partial charge in [0.15, 0.2) is 11.8 Å². The van der Waals surface area contributed by atoms with Crippen molar-refractivity contribution >= 4 is 63.9 Å². The van der Waals surface area contributed by atoms with Gasteiger partial charge in [0, 0.05) is 53.3 Å². The largest absolute Gasteiger partial charge is 0.506 e. The number of rotatable bonds is 7. The van der Waals surface area contributed by atoms with Crippen LogP contribution < -0.4 is 16.0 Å². The molecule has 0 radical (unpaired) electrons. The second-order valence-electron chi connectivity index (χ2n) is 12.4. The molecule has 3 aromatic rings. The number of carbonyl (C=O) groups excluding carboxylic acids is 2. The van der Waals surface area contributed by atoms with Crippen molar-refractivity contribution in [1.82, 2.24) is 14.9 Å². The number of ether oxygens (including phenoxy) is 1. The van der Waals surface area contributed by atoms with Crippen LogP contribution in [0.4, 0.5) is 11.5 Å². The van der Waals surface area contributed by atoms with Gasteiger partial charge in [-0.25, -0.2) is 14.8 Å². The maximum absolute atomic E-state index is 13.7. The van der Waals surface area contributed by atoms with E-state index in [1.165, 1.54) is 22.9 Å². The molecule has 0 unspecified atom stereocenters. The maximum Gasteiger partial charge on any atom is 0.262 e. The lowest BCUT2D eigenvalue weighted by Crippen LogP contribution is -2.51. The number of benzene rings is 2. The smallest absolute Gasteiger partial charge is 0.262 e. The molecule has 2 saturated heterocycles. The van der Waals surface area contributed by atoms with E-state index >= 15 is 0 Å². The number of amides is 1. The minimum atomic E-state index is -0.759. The zero-order valence-electron chi connectivity index (χ0n) is 27.2. The van der Waals surface area contributed by atoms with E-state index in [1.807, 2.05) is 13.8 Å². The molecule has 1 spiro atoms. The van der Waals surface area contributed by atoms with Crippen LogP contribution in [0, 0.1) is 12.3 Å². The number of piperidine rings is 1. The lowest BCUT2D eigenvalue weighted by Gasteiger charge is -2.42. The Labute approximate surface area is 298 Å². The van der Waals surface area contributed by atoms with Crippen LogP contribution >= 0.6 is 35.0 Å². The summed E-state index contributed by atoms with van der Waals surface area (Å²) in [5.41, 5.74) is 8.24. The van der Waals surface area contributed by atoms with Gasteiger partial charge in [0.05, 0.1) is 35.7 Å². The molecule has 256 valence electrons. The number of nitrogens with zero attached hydrogens (tertiary/aromatic N) is 4. The van der Waals surface area contributed by atoms with E-state index in [9.17, 15) is 19.8 Å². The molecule has 3 aliphatic rings. The normalized spacial score (nSPS) is 20.5. The summed E-state index contributed by atoms with van der Waals surface area (Å²) in [5, 5.41) is 25.5. The Bertz CT molecular complexity index is 1920. The number of aromatic nitrogens is 2. The van der Waals surface area contributed by atoms with Gasteiger partial charge in [-0.15, -0.1) is 0 Å². The second-order valence-corrected chi connectivity index (χ2v) is 14.3. The number of halogens is 2. The third kappa shape index (κ3) is 6.70. The molecule has 0 saturated carbocycles. The van der Waals surface area contributed by atoms with Gasteiger partial charge in [-0.2, -0.15) is 0 Å². The molecule has 3 aliphatic heterocycles. The van der Waals surface area contributed by atoms with Crippen molar-refractivity contribution in [1.29, 1.82) is 0 Å². The van der Waals surface area contributed by atoms with Crippen molar-refractivity contribution in [3.8, 4) is 0 Å². The van der Waals surface area contributed by atoms with Gasteiger partial charge in [0.2, 0.25) is 0 Å². The Morgan fingerprint density at radius 3 is 2.59 bits per heavy atom. The molecule has 6 rings (SSSR count). The van der Waals surface area contributed by atoms with Crippen LogP contribution in [-0.2, 0) is 20.9 Å². The number of carbonyl (C=O) groups is 1. The standard InChI is InChI=1S/C35H36Cl2N6O5S/c1-19-34(41-25(16-44)32(39-19)43-12-10-35(11-13-43)18-48-20(2)31(35)38)49-27-9-5-8-24(29(27)37)40-33(47)28-26(17-45)42(3)15-23(30(28)46)21-6-4-7-22(36)14-21/h4-9,14-15,20,31,44,46H,10-13,16,18,38H2,1-3H3,(H,40,47)/t20-,31+/m0/s1. The maximum atomic E-state index is 13.7. The van der Waals surface area contributed by atoms with Crippen molar-refractivity contribution in [3.05, 3.63) is 92.7 Å². The molecule has 1 amide bonds. The minimum Gasteiger partial charge on any atom is -0.506 e. The van der Waals surface area contributed by atoms with E-state index in [1.54, 1.807) is 55.5 Å². The molecule has 14 heteroatoms. The molecule has 11 nitrogen and oxygen atoms in total. The fraction of sp³-hybridized carbons (Fsp3) is 0.343. The first-order valence-corrected chi connectivity index (χ1v) is 17.3. The highest BCUT2D eigenvalue weighted by Crippen LogP contribution is 2.43. The van der Waals surface area contributed by atoms with Gasteiger partial charge in [-0.1, -0.05) is 53.2 Å². The first kappa shape index (κ1) is 35.0. The number of hydrogen-bond donors (Lipinski definition) is 4. The molecular formula is C35H36Cl2N6O5S. The number of nitrogens with two attached hydrogens (primary N) is 1. The van der Waals surface area contributed by atoms with Gasteiger partial charge in [0.25, 0.3) is 5.91 Å². The highest BCUT2D eigenvalue weighted by Gasteiger charge is 2.48. The molecule has 2 atom stereocenters. The van der Waals surface area contributed by atoms with Crippen molar-refractivity contribution in [3.63, 3.8) is 0 Å². The SMILES string of the molecule is Cc1nc(N2CCC3(CC2)CO[C@@H](C)[C@H]3N)c(CO)nc1Sc1cccc(NC(=O)C2=C(O)C(c3cccc(Cl)c3)=CN(C)C2=C=O)c1Cl. The number of aliphatic hydroxyl groups is 2. The Morgan fingerprint density at radius 2 is 1.94 bits per heavy atom. The van der Waals surface area contributed by atoms with Gasteiger partial charge < -0.3 is 35.8 Å². The summed E-state index contributed by atoms with van der Waals surface area (Å²) in [5.74, 6) is 1.24. The number of aliphatic hydroxyl groups excluding tert-OH is 2. The predicted octanol–water partition coefficient (Wildman–Crippen LogP) is 5.52. The van der Waals surface area contributed by atoms with Crippen molar-refractivity contribution in [2.75, 3.05) is 37.0 Å². The van der Waals surface area contributed by atoms with Crippen LogP contribution in [0.3, 0.4) is 0 Å². The molecule has 0 aliphatic carbocycles. The molecule has 0 bridgehead atoms. The number of nitrogens with one attached hydrogen (secondary N) is 1.